The van der Waals surface area contributed by atoms with Gasteiger partial charge in [0.05, 0.1) is 7.11 Å². The van der Waals surface area contributed by atoms with Crippen LogP contribution < -0.4 is 10.5 Å². The minimum absolute atomic E-state index is 0.362. The molecule has 0 saturated heterocycles. The number of methoxy groups -OCH3 is 1. The van der Waals surface area contributed by atoms with E-state index in [-0.39, 0.29) is 0 Å². The van der Waals surface area contributed by atoms with Crippen LogP contribution in [0.5, 0.6) is 5.75 Å². The van der Waals surface area contributed by atoms with Crippen LogP contribution in [0, 0.1) is 0 Å². The van der Waals surface area contributed by atoms with Crippen LogP contribution in [0.25, 0.3) is 10.8 Å². The van der Waals surface area contributed by atoms with Crippen LogP contribution in [0.15, 0.2) is 60.7 Å². The van der Waals surface area contributed by atoms with Crippen LogP contribution in [0.1, 0.15) is 27.6 Å². The smallest absolute Gasteiger partial charge is 0.248 e. The fourth-order valence-corrected chi connectivity index (χ4v) is 2.76. The lowest BCUT2D eigenvalue weighted by molar-refractivity contribution is 0.1000. The molecule has 0 bridgehead atoms. The summed E-state index contributed by atoms with van der Waals surface area (Å²) in [7, 11) is 1.57. The van der Waals surface area contributed by atoms with Gasteiger partial charge < -0.3 is 15.6 Å². The van der Waals surface area contributed by atoms with E-state index >= 15 is 0 Å². The van der Waals surface area contributed by atoms with Crippen molar-refractivity contribution in [1.29, 1.82) is 0 Å². The second-order valence-corrected chi connectivity index (χ2v) is 5.29. The van der Waals surface area contributed by atoms with Gasteiger partial charge >= 0.3 is 0 Å². The van der Waals surface area contributed by atoms with Crippen molar-refractivity contribution in [2.24, 2.45) is 5.73 Å². The molecule has 1 amide bonds. The predicted molar refractivity (Wildman–Crippen MR) is 89.5 cm³/mol. The van der Waals surface area contributed by atoms with E-state index < -0.39 is 12.0 Å². The Balaban J connectivity index is 2.19. The molecule has 4 heteroatoms. The molecule has 3 aromatic rings. The first-order valence-electron chi connectivity index (χ1n) is 7.25. The summed E-state index contributed by atoms with van der Waals surface area (Å²) >= 11 is 0. The summed E-state index contributed by atoms with van der Waals surface area (Å²) in [6, 6.07) is 18.3. The Bertz CT molecular complexity index is 873. The number of rotatable bonds is 4. The SMILES string of the molecule is COc1ccc2ccccc2c1C(O)c1cccc(C(N)=O)c1. The van der Waals surface area contributed by atoms with Crippen molar-refractivity contribution in [2.75, 3.05) is 7.11 Å². The van der Waals surface area contributed by atoms with Crippen molar-refractivity contribution < 1.29 is 14.6 Å². The van der Waals surface area contributed by atoms with Crippen molar-refractivity contribution in [3.8, 4) is 5.75 Å². The number of ether oxygens (including phenoxy) is 1. The Kier molecular flexibility index (Phi) is 4.00. The van der Waals surface area contributed by atoms with E-state index in [1.807, 2.05) is 36.4 Å². The van der Waals surface area contributed by atoms with Gasteiger partial charge in [-0.2, -0.15) is 0 Å². The molecule has 1 atom stereocenters. The van der Waals surface area contributed by atoms with Crippen molar-refractivity contribution in [2.45, 2.75) is 6.10 Å². The van der Waals surface area contributed by atoms with Gasteiger partial charge in [0.15, 0.2) is 0 Å². The van der Waals surface area contributed by atoms with Gasteiger partial charge in [0.1, 0.15) is 11.9 Å². The predicted octanol–water partition coefficient (Wildman–Crippen LogP) is 3.03. The molecule has 3 aromatic carbocycles. The van der Waals surface area contributed by atoms with E-state index in [1.165, 1.54) is 0 Å². The van der Waals surface area contributed by atoms with Gasteiger partial charge in [-0.05, 0) is 34.5 Å². The molecule has 0 aromatic heterocycles. The molecule has 3 rings (SSSR count). The molecule has 4 nitrogen and oxygen atoms in total. The number of aliphatic hydroxyl groups excluding tert-OH is 1. The summed E-state index contributed by atoms with van der Waals surface area (Å²) < 4.78 is 5.42. The number of aliphatic hydroxyl groups is 1. The molecular weight excluding hydrogens is 290 g/mol. The third-order valence-electron chi connectivity index (χ3n) is 3.91. The second kappa shape index (κ2) is 6.10. The average molecular weight is 307 g/mol. The van der Waals surface area contributed by atoms with Gasteiger partial charge in [-0.25, -0.2) is 0 Å². The molecular formula is C19H17NO3. The summed E-state index contributed by atoms with van der Waals surface area (Å²) in [6.45, 7) is 0. The van der Waals surface area contributed by atoms with Crippen molar-refractivity contribution in [3.63, 3.8) is 0 Å². The van der Waals surface area contributed by atoms with Crippen molar-refractivity contribution in [3.05, 3.63) is 77.4 Å². The summed E-state index contributed by atoms with van der Waals surface area (Å²) in [5, 5.41) is 12.8. The van der Waals surface area contributed by atoms with Crippen LogP contribution in [0.4, 0.5) is 0 Å². The van der Waals surface area contributed by atoms with E-state index in [4.69, 9.17) is 10.5 Å². The molecule has 0 aliphatic rings. The highest BCUT2D eigenvalue weighted by Crippen LogP contribution is 2.36. The standard InChI is InChI=1S/C19H17NO3/c1-23-16-10-9-12-5-2-3-8-15(12)17(16)18(21)13-6-4-7-14(11-13)19(20)22/h2-11,18,21H,1H3,(H2,20,22). The zero-order valence-corrected chi connectivity index (χ0v) is 12.7. The van der Waals surface area contributed by atoms with Crippen LogP contribution in [-0.4, -0.2) is 18.1 Å². The van der Waals surface area contributed by atoms with E-state index in [0.717, 1.165) is 10.8 Å². The molecule has 0 saturated carbocycles. The highest BCUT2D eigenvalue weighted by molar-refractivity contribution is 5.93. The molecule has 1 unspecified atom stereocenters. The zero-order valence-electron chi connectivity index (χ0n) is 12.7. The van der Waals surface area contributed by atoms with Crippen LogP contribution in [-0.2, 0) is 0 Å². The monoisotopic (exact) mass is 307 g/mol. The van der Waals surface area contributed by atoms with E-state index in [0.29, 0.717) is 22.4 Å². The number of amides is 1. The number of carbonyl (C=O) groups excluding carboxylic acids is 1. The number of benzene rings is 3. The van der Waals surface area contributed by atoms with Gasteiger partial charge in [0.25, 0.3) is 0 Å². The Morgan fingerprint density at radius 2 is 1.87 bits per heavy atom. The van der Waals surface area contributed by atoms with E-state index in [1.54, 1.807) is 31.4 Å². The highest BCUT2D eigenvalue weighted by Gasteiger charge is 2.19. The van der Waals surface area contributed by atoms with E-state index in [9.17, 15) is 9.90 Å². The zero-order chi connectivity index (χ0) is 16.4. The number of hydrogen-bond donors (Lipinski definition) is 2. The van der Waals surface area contributed by atoms with Gasteiger partial charge in [-0.15, -0.1) is 0 Å². The van der Waals surface area contributed by atoms with Crippen molar-refractivity contribution >= 4 is 16.7 Å². The summed E-state index contributed by atoms with van der Waals surface area (Å²) in [5.74, 6) is 0.0737. The summed E-state index contributed by atoms with van der Waals surface area (Å²) in [6.07, 6.45) is -0.921. The Morgan fingerprint density at radius 1 is 1.09 bits per heavy atom. The maximum absolute atomic E-state index is 11.4. The van der Waals surface area contributed by atoms with Gasteiger partial charge in [0, 0.05) is 11.1 Å². The third-order valence-corrected chi connectivity index (χ3v) is 3.91. The number of hydrogen-bond acceptors (Lipinski definition) is 3. The molecule has 0 radical (unpaired) electrons. The minimum Gasteiger partial charge on any atom is -0.496 e. The fourth-order valence-electron chi connectivity index (χ4n) is 2.76. The third kappa shape index (κ3) is 2.76. The summed E-state index contributed by atoms with van der Waals surface area (Å²) in [5.41, 5.74) is 6.95. The van der Waals surface area contributed by atoms with Crippen LogP contribution in [0.2, 0.25) is 0 Å². The number of carbonyl (C=O) groups is 1. The fraction of sp³-hybridized carbons (Fsp3) is 0.105. The number of primary amides is 1. The lowest BCUT2D eigenvalue weighted by atomic mass is 9.94. The quantitative estimate of drug-likeness (QED) is 0.778. The minimum atomic E-state index is -0.921. The van der Waals surface area contributed by atoms with E-state index in [2.05, 4.69) is 0 Å². The molecule has 3 N–H and O–H groups in total. The van der Waals surface area contributed by atoms with Gasteiger partial charge in [0.2, 0.25) is 5.91 Å². The maximum Gasteiger partial charge on any atom is 0.248 e. The first-order chi connectivity index (χ1) is 11.1. The molecule has 116 valence electrons. The molecule has 0 spiro atoms. The molecule has 0 aliphatic carbocycles. The normalized spacial score (nSPS) is 12.1. The Labute approximate surface area is 134 Å². The molecule has 0 fully saturated rings. The molecule has 0 heterocycles. The molecule has 0 aliphatic heterocycles. The first kappa shape index (κ1) is 15.1. The largest absolute Gasteiger partial charge is 0.496 e. The lowest BCUT2D eigenvalue weighted by Gasteiger charge is -2.18. The Morgan fingerprint density at radius 3 is 2.61 bits per heavy atom. The number of nitrogens with two attached hydrogens (primary N) is 1. The Hall–Kier alpha value is -2.85. The van der Waals surface area contributed by atoms with Crippen molar-refractivity contribution in [1.82, 2.24) is 0 Å². The van der Waals surface area contributed by atoms with Crippen LogP contribution in [0.3, 0.4) is 0 Å². The van der Waals surface area contributed by atoms with Gasteiger partial charge in [-0.3, -0.25) is 4.79 Å². The second-order valence-electron chi connectivity index (χ2n) is 5.29. The molecule has 23 heavy (non-hydrogen) atoms. The number of fused-ring (bicyclic) bond motifs is 1. The first-order valence-corrected chi connectivity index (χ1v) is 7.25. The topological polar surface area (TPSA) is 72.6 Å². The van der Waals surface area contributed by atoms with Gasteiger partial charge in [-0.1, -0.05) is 42.5 Å². The lowest BCUT2D eigenvalue weighted by Crippen LogP contribution is -2.12. The maximum atomic E-state index is 11.4. The average Bonchev–Trinajstić information content (AvgIpc) is 2.60. The highest BCUT2D eigenvalue weighted by atomic mass is 16.5. The van der Waals surface area contributed by atoms with Crippen LogP contribution >= 0.6 is 0 Å². The summed E-state index contributed by atoms with van der Waals surface area (Å²) in [4.78, 5) is 11.4.